The Kier molecular flexibility index (Phi) is 2.90. The number of nitrogens with zero attached hydrogens (tertiary/aromatic N) is 1. The topological polar surface area (TPSA) is 80.5 Å². The van der Waals surface area contributed by atoms with Crippen LogP contribution in [0.5, 0.6) is 0 Å². The van der Waals surface area contributed by atoms with Crippen molar-refractivity contribution in [1.29, 1.82) is 0 Å². The number of carbonyl (C=O) groups is 3. The Morgan fingerprint density at radius 1 is 1.28 bits per heavy atom. The second-order valence-electron chi connectivity index (χ2n) is 4.48. The van der Waals surface area contributed by atoms with Crippen LogP contribution in [0.25, 0.3) is 0 Å². The van der Waals surface area contributed by atoms with Gasteiger partial charge < -0.3 is 10.6 Å². The lowest BCUT2D eigenvalue weighted by atomic mass is 10.0. The number of nitrogens with two attached hydrogens (primary N) is 1. The van der Waals surface area contributed by atoms with Crippen molar-refractivity contribution >= 4 is 23.3 Å². The van der Waals surface area contributed by atoms with Crippen molar-refractivity contribution in [2.24, 2.45) is 5.73 Å². The van der Waals surface area contributed by atoms with E-state index in [2.05, 4.69) is 0 Å². The molecule has 5 heteroatoms. The van der Waals surface area contributed by atoms with Crippen LogP contribution in [-0.4, -0.2) is 24.1 Å². The lowest BCUT2D eigenvalue weighted by Gasteiger charge is -2.16. The van der Waals surface area contributed by atoms with Crippen LogP contribution in [0.1, 0.15) is 27.9 Å². The largest absolute Gasteiger partial charge is 0.370 e. The number of benzene rings is 1. The van der Waals surface area contributed by atoms with Crippen LogP contribution >= 0.6 is 0 Å². The normalized spacial score (nSPS) is 14.0. The first-order valence-electron chi connectivity index (χ1n) is 5.67. The van der Waals surface area contributed by atoms with Crippen molar-refractivity contribution in [2.75, 3.05) is 11.4 Å². The van der Waals surface area contributed by atoms with Gasteiger partial charge in [-0.15, -0.1) is 0 Å². The highest BCUT2D eigenvalue weighted by Gasteiger charge is 2.36. The summed E-state index contributed by atoms with van der Waals surface area (Å²) >= 11 is 0. The molecule has 0 fully saturated rings. The SMILES string of the molecule is Cc1cc(C)c2c(c1)N(CCC(N)=O)C(=O)C2=O. The van der Waals surface area contributed by atoms with Gasteiger partial charge in [0.1, 0.15) is 0 Å². The molecule has 18 heavy (non-hydrogen) atoms. The fourth-order valence-electron chi connectivity index (χ4n) is 2.24. The summed E-state index contributed by atoms with van der Waals surface area (Å²) in [6.45, 7) is 3.84. The Bertz CT molecular complexity index is 564. The average Bonchev–Trinajstić information content (AvgIpc) is 2.49. The van der Waals surface area contributed by atoms with E-state index in [9.17, 15) is 14.4 Å². The quantitative estimate of drug-likeness (QED) is 0.797. The van der Waals surface area contributed by atoms with Crippen molar-refractivity contribution in [3.8, 4) is 0 Å². The number of aryl methyl sites for hydroxylation is 2. The number of carbonyl (C=O) groups excluding carboxylic acids is 3. The molecule has 2 N–H and O–H groups in total. The van der Waals surface area contributed by atoms with Gasteiger partial charge in [0, 0.05) is 13.0 Å². The summed E-state index contributed by atoms with van der Waals surface area (Å²) in [5.41, 5.74) is 7.85. The van der Waals surface area contributed by atoms with Gasteiger partial charge in [-0.25, -0.2) is 0 Å². The average molecular weight is 246 g/mol. The summed E-state index contributed by atoms with van der Waals surface area (Å²) in [7, 11) is 0. The van der Waals surface area contributed by atoms with E-state index < -0.39 is 17.6 Å². The third-order valence-electron chi connectivity index (χ3n) is 3.00. The Labute approximate surface area is 105 Å². The molecule has 0 radical (unpaired) electrons. The van der Waals surface area contributed by atoms with Crippen molar-refractivity contribution in [3.05, 3.63) is 28.8 Å². The summed E-state index contributed by atoms with van der Waals surface area (Å²) in [5, 5.41) is 0. The highest BCUT2D eigenvalue weighted by molar-refractivity contribution is 6.52. The maximum atomic E-state index is 11.9. The monoisotopic (exact) mass is 246 g/mol. The van der Waals surface area contributed by atoms with Gasteiger partial charge in [-0.3, -0.25) is 14.4 Å². The Morgan fingerprint density at radius 2 is 1.94 bits per heavy atom. The van der Waals surface area contributed by atoms with Gasteiger partial charge in [-0.05, 0) is 31.0 Å². The maximum absolute atomic E-state index is 11.9. The number of rotatable bonds is 3. The molecule has 0 saturated heterocycles. The zero-order chi connectivity index (χ0) is 13.4. The number of hydrogen-bond acceptors (Lipinski definition) is 3. The summed E-state index contributed by atoms with van der Waals surface area (Å²) < 4.78 is 0. The molecule has 1 aromatic rings. The lowest BCUT2D eigenvalue weighted by Crippen LogP contribution is -2.32. The zero-order valence-electron chi connectivity index (χ0n) is 10.3. The molecular weight excluding hydrogens is 232 g/mol. The second kappa shape index (κ2) is 4.25. The third-order valence-corrected chi connectivity index (χ3v) is 3.00. The first-order chi connectivity index (χ1) is 8.41. The van der Waals surface area contributed by atoms with Crippen molar-refractivity contribution in [3.63, 3.8) is 0 Å². The Hall–Kier alpha value is -2.17. The molecular formula is C13H14N2O3. The molecule has 1 heterocycles. The van der Waals surface area contributed by atoms with Gasteiger partial charge in [0.2, 0.25) is 5.91 Å². The van der Waals surface area contributed by atoms with Gasteiger partial charge in [-0.2, -0.15) is 0 Å². The molecule has 0 bridgehead atoms. The van der Waals surface area contributed by atoms with Gasteiger partial charge in [-0.1, -0.05) is 6.07 Å². The van der Waals surface area contributed by atoms with Crippen LogP contribution < -0.4 is 10.6 Å². The van der Waals surface area contributed by atoms with E-state index in [0.717, 1.165) is 11.1 Å². The van der Waals surface area contributed by atoms with Gasteiger partial charge >= 0.3 is 0 Å². The predicted molar refractivity (Wildman–Crippen MR) is 66.4 cm³/mol. The number of anilines is 1. The number of primary amides is 1. The zero-order valence-corrected chi connectivity index (χ0v) is 10.3. The summed E-state index contributed by atoms with van der Waals surface area (Å²) in [6, 6.07) is 3.65. The highest BCUT2D eigenvalue weighted by atomic mass is 16.2. The molecule has 0 atom stereocenters. The summed E-state index contributed by atoms with van der Waals surface area (Å²) in [4.78, 5) is 35.9. The molecule has 0 saturated carbocycles. The summed E-state index contributed by atoms with van der Waals surface area (Å²) in [6.07, 6.45) is 0.0471. The summed E-state index contributed by atoms with van der Waals surface area (Å²) in [5.74, 6) is -1.58. The van der Waals surface area contributed by atoms with E-state index in [1.54, 1.807) is 13.0 Å². The number of Topliss-reactive ketones (excluding diaryl/α,β-unsaturated/α-hetero) is 1. The van der Waals surface area contributed by atoms with Crippen LogP contribution in [0.15, 0.2) is 12.1 Å². The van der Waals surface area contributed by atoms with E-state index in [4.69, 9.17) is 5.73 Å². The van der Waals surface area contributed by atoms with Crippen molar-refractivity contribution in [1.82, 2.24) is 0 Å². The number of fused-ring (bicyclic) bond motifs is 1. The lowest BCUT2D eigenvalue weighted by molar-refractivity contribution is -0.118. The number of amides is 2. The molecule has 0 unspecified atom stereocenters. The molecule has 0 aliphatic carbocycles. The predicted octanol–water partition coefficient (Wildman–Crippen LogP) is 0.708. The maximum Gasteiger partial charge on any atom is 0.299 e. The van der Waals surface area contributed by atoms with E-state index in [1.165, 1.54) is 4.90 Å². The molecule has 2 rings (SSSR count). The van der Waals surface area contributed by atoms with Gasteiger partial charge in [0.05, 0.1) is 11.3 Å². The van der Waals surface area contributed by atoms with Gasteiger partial charge in [0.15, 0.2) is 0 Å². The number of hydrogen-bond donors (Lipinski definition) is 1. The minimum absolute atomic E-state index is 0.0471. The van der Waals surface area contributed by atoms with E-state index in [-0.39, 0.29) is 13.0 Å². The molecule has 5 nitrogen and oxygen atoms in total. The minimum Gasteiger partial charge on any atom is -0.370 e. The van der Waals surface area contributed by atoms with E-state index in [1.807, 2.05) is 13.0 Å². The van der Waals surface area contributed by atoms with Crippen LogP contribution in [0.3, 0.4) is 0 Å². The first-order valence-corrected chi connectivity index (χ1v) is 5.67. The number of ketones is 1. The Morgan fingerprint density at radius 3 is 2.56 bits per heavy atom. The fourth-order valence-corrected chi connectivity index (χ4v) is 2.24. The van der Waals surface area contributed by atoms with Crippen LogP contribution in [0.4, 0.5) is 5.69 Å². The smallest absolute Gasteiger partial charge is 0.299 e. The van der Waals surface area contributed by atoms with Crippen LogP contribution in [0, 0.1) is 13.8 Å². The van der Waals surface area contributed by atoms with Crippen LogP contribution in [-0.2, 0) is 9.59 Å². The first kappa shape index (κ1) is 12.3. The highest BCUT2D eigenvalue weighted by Crippen LogP contribution is 2.32. The molecule has 2 amide bonds. The fraction of sp³-hybridized carbons (Fsp3) is 0.308. The van der Waals surface area contributed by atoms with Crippen molar-refractivity contribution < 1.29 is 14.4 Å². The van der Waals surface area contributed by atoms with Crippen molar-refractivity contribution in [2.45, 2.75) is 20.3 Å². The molecule has 1 aliphatic rings. The third kappa shape index (κ3) is 1.88. The van der Waals surface area contributed by atoms with E-state index in [0.29, 0.717) is 11.3 Å². The minimum atomic E-state index is -0.583. The molecule has 94 valence electrons. The molecule has 1 aromatic carbocycles. The van der Waals surface area contributed by atoms with Crippen LogP contribution in [0.2, 0.25) is 0 Å². The molecule has 0 spiro atoms. The van der Waals surface area contributed by atoms with E-state index >= 15 is 0 Å². The molecule has 0 aromatic heterocycles. The Balaban J connectivity index is 2.44. The van der Waals surface area contributed by atoms with Gasteiger partial charge in [0.25, 0.3) is 11.7 Å². The molecule has 1 aliphatic heterocycles. The standard InChI is InChI=1S/C13H14N2O3/c1-7-5-8(2)11-9(6-7)15(4-3-10(14)16)13(18)12(11)17/h5-6H,3-4H2,1-2H3,(H2,14,16). The second-order valence-corrected chi connectivity index (χ2v) is 4.48.